The summed E-state index contributed by atoms with van der Waals surface area (Å²) in [5, 5.41) is 12.4. The van der Waals surface area contributed by atoms with Gasteiger partial charge in [0, 0.05) is 19.1 Å². The smallest absolute Gasteiger partial charge is 0.263 e. The van der Waals surface area contributed by atoms with Gasteiger partial charge in [-0.1, -0.05) is 24.1 Å². The van der Waals surface area contributed by atoms with E-state index < -0.39 is 5.60 Å². The molecule has 1 aromatic carbocycles. The second-order valence-corrected chi connectivity index (χ2v) is 7.05. The minimum Gasteiger partial charge on any atom is -0.478 e. The van der Waals surface area contributed by atoms with Crippen molar-refractivity contribution in [3.05, 3.63) is 29.8 Å². The number of benzene rings is 1. The van der Waals surface area contributed by atoms with E-state index in [1.807, 2.05) is 31.2 Å². The highest BCUT2D eigenvalue weighted by molar-refractivity contribution is 5.84. The third-order valence-corrected chi connectivity index (χ3v) is 4.59. The van der Waals surface area contributed by atoms with Gasteiger partial charge in [0.15, 0.2) is 5.60 Å². The SMILES string of the molecule is Cc1ccc(OC(C)(C)C(=O)NCCN2CCCC[C@@H]2CO)cc1. The maximum absolute atomic E-state index is 12.4. The number of rotatable bonds is 7. The lowest BCUT2D eigenvalue weighted by atomic mass is 10.0. The van der Waals surface area contributed by atoms with Gasteiger partial charge in [0.05, 0.1) is 6.61 Å². The molecule has 0 bridgehead atoms. The molecular formula is C19H30N2O3. The quantitative estimate of drug-likeness (QED) is 0.802. The van der Waals surface area contributed by atoms with Crippen molar-refractivity contribution < 1.29 is 14.6 Å². The van der Waals surface area contributed by atoms with Crippen molar-refractivity contribution in [1.82, 2.24) is 10.2 Å². The first-order valence-electron chi connectivity index (χ1n) is 8.81. The molecule has 1 saturated heterocycles. The predicted octanol–water partition coefficient (Wildman–Crippen LogP) is 2.12. The van der Waals surface area contributed by atoms with E-state index in [1.54, 1.807) is 13.8 Å². The average molecular weight is 334 g/mol. The van der Waals surface area contributed by atoms with E-state index in [0.717, 1.165) is 31.5 Å². The Bertz CT molecular complexity index is 528. The first-order chi connectivity index (χ1) is 11.4. The van der Waals surface area contributed by atoms with Crippen LogP contribution in [0.3, 0.4) is 0 Å². The molecule has 1 aliphatic heterocycles. The summed E-state index contributed by atoms with van der Waals surface area (Å²) < 4.78 is 5.84. The number of likely N-dealkylation sites (tertiary alicyclic amines) is 1. The molecule has 1 aromatic rings. The molecule has 2 N–H and O–H groups in total. The molecule has 1 aliphatic rings. The van der Waals surface area contributed by atoms with Crippen molar-refractivity contribution in [2.24, 2.45) is 0 Å². The molecule has 1 atom stereocenters. The number of carbonyl (C=O) groups is 1. The van der Waals surface area contributed by atoms with Gasteiger partial charge in [-0.05, 0) is 52.3 Å². The first kappa shape index (κ1) is 18.7. The third kappa shape index (κ3) is 5.21. The van der Waals surface area contributed by atoms with Gasteiger partial charge in [-0.15, -0.1) is 0 Å². The van der Waals surface area contributed by atoms with Gasteiger partial charge in [-0.2, -0.15) is 0 Å². The normalized spacial score (nSPS) is 19.1. The number of carbonyl (C=O) groups excluding carboxylic acids is 1. The van der Waals surface area contributed by atoms with Gasteiger partial charge in [0.25, 0.3) is 5.91 Å². The maximum atomic E-state index is 12.4. The molecule has 1 heterocycles. The Morgan fingerprint density at radius 3 is 2.71 bits per heavy atom. The van der Waals surface area contributed by atoms with Crippen LogP contribution in [0.15, 0.2) is 24.3 Å². The molecule has 0 spiro atoms. The standard InChI is InChI=1S/C19H30N2O3/c1-15-7-9-17(10-8-15)24-19(2,3)18(23)20-11-13-21-12-5-4-6-16(21)14-22/h7-10,16,22H,4-6,11-14H2,1-3H3,(H,20,23)/t16-/m1/s1. The number of aliphatic hydroxyl groups excluding tert-OH is 1. The fourth-order valence-electron chi connectivity index (χ4n) is 3.03. The van der Waals surface area contributed by atoms with Crippen LogP contribution in [0.4, 0.5) is 0 Å². The van der Waals surface area contributed by atoms with Crippen LogP contribution in [0.25, 0.3) is 0 Å². The summed E-state index contributed by atoms with van der Waals surface area (Å²) in [5.41, 5.74) is 0.234. The molecular weight excluding hydrogens is 304 g/mol. The second-order valence-electron chi connectivity index (χ2n) is 7.05. The van der Waals surface area contributed by atoms with Crippen molar-refractivity contribution in [3.8, 4) is 5.75 Å². The van der Waals surface area contributed by atoms with E-state index in [9.17, 15) is 9.90 Å². The molecule has 5 heteroatoms. The maximum Gasteiger partial charge on any atom is 0.263 e. The van der Waals surface area contributed by atoms with Gasteiger partial charge < -0.3 is 15.2 Å². The predicted molar refractivity (Wildman–Crippen MR) is 95.2 cm³/mol. The molecule has 0 saturated carbocycles. The highest BCUT2D eigenvalue weighted by atomic mass is 16.5. The lowest BCUT2D eigenvalue weighted by molar-refractivity contribution is -0.134. The Balaban J connectivity index is 1.80. The molecule has 24 heavy (non-hydrogen) atoms. The van der Waals surface area contributed by atoms with Gasteiger partial charge >= 0.3 is 0 Å². The van der Waals surface area contributed by atoms with E-state index in [1.165, 1.54) is 6.42 Å². The van der Waals surface area contributed by atoms with Crippen LogP contribution in [0.5, 0.6) is 5.75 Å². The van der Waals surface area contributed by atoms with Crippen LogP contribution in [0, 0.1) is 6.92 Å². The molecule has 2 rings (SSSR count). The van der Waals surface area contributed by atoms with Crippen molar-refractivity contribution in [2.75, 3.05) is 26.2 Å². The van der Waals surface area contributed by atoms with Crippen LogP contribution < -0.4 is 10.1 Å². The molecule has 134 valence electrons. The van der Waals surface area contributed by atoms with E-state index in [2.05, 4.69) is 10.2 Å². The summed E-state index contributed by atoms with van der Waals surface area (Å²) in [5.74, 6) is 0.567. The van der Waals surface area contributed by atoms with Crippen molar-refractivity contribution in [3.63, 3.8) is 0 Å². The molecule has 5 nitrogen and oxygen atoms in total. The summed E-state index contributed by atoms with van der Waals surface area (Å²) in [4.78, 5) is 14.7. The van der Waals surface area contributed by atoms with Gasteiger partial charge in [-0.25, -0.2) is 0 Å². The lowest BCUT2D eigenvalue weighted by Crippen LogP contribution is -2.50. The minimum atomic E-state index is -0.923. The highest BCUT2D eigenvalue weighted by Crippen LogP contribution is 2.19. The summed E-state index contributed by atoms with van der Waals surface area (Å²) in [7, 11) is 0. The van der Waals surface area contributed by atoms with Crippen molar-refractivity contribution in [1.29, 1.82) is 0 Å². The molecule has 0 unspecified atom stereocenters. The Morgan fingerprint density at radius 1 is 1.33 bits per heavy atom. The molecule has 1 amide bonds. The number of nitrogens with one attached hydrogen (secondary N) is 1. The summed E-state index contributed by atoms with van der Waals surface area (Å²) in [6.07, 6.45) is 3.37. The molecule has 0 radical (unpaired) electrons. The van der Waals surface area contributed by atoms with Crippen LogP contribution in [0.1, 0.15) is 38.7 Å². The number of piperidine rings is 1. The number of hydrogen-bond acceptors (Lipinski definition) is 4. The summed E-state index contributed by atoms with van der Waals surface area (Å²) >= 11 is 0. The van der Waals surface area contributed by atoms with E-state index in [0.29, 0.717) is 12.3 Å². The fourth-order valence-corrected chi connectivity index (χ4v) is 3.03. The zero-order valence-corrected chi connectivity index (χ0v) is 15.0. The second kappa shape index (κ2) is 8.49. The molecule has 1 fully saturated rings. The van der Waals surface area contributed by atoms with E-state index in [-0.39, 0.29) is 18.6 Å². The Morgan fingerprint density at radius 2 is 2.04 bits per heavy atom. The number of hydrogen-bond donors (Lipinski definition) is 2. The number of ether oxygens (including phenoxy) is 1. The van der Waals surface area contributed by atoms with E-state index in [4.69, 9.17) is 4.74 Å². The van der Waals surface area contributed by atoms with Gasteiger partial charge in [0.2, 0.25) is 0 Å². The number of aryl methyl sites for hydroxylation is 1. The lowest BCUT2D eigenvalue weighted by Gasteiger charge is -2.34. The average Bonchev–Trinajstić information content (AvgIpc) is 2.57. The minimum absolute atomic E-state index is 0.124. The van der Waals surface area contributed by atoms with Crippen LogP contribution in [0.2, 0.25) is 0 Å². The van der Waals surface area contributed by atoms with Crippen molar-refractivity contribution in [2.45, 2.75) is 51.7 Å². The summed E-state index contributed by atoms with van der Waals surface area (Å²) in [6, 6.07) is 7.92. The topological polar surface area (TPSA) is 61.8 Å². The Hall–Kier alpha value is -1.59. The number of nitrogens with zero attached hydrogens (tertiary/aromatic N) is 1. The number of amides is 1. The number of aliphatic hydroxyl groups is 1. The zero-order valence-electron chi connectivity index (χ0n) is 15.0. The largest absolute Gasteiger partial charge is 0.478 e. The van der Waals surface area contributed by atoms with Crippen LogP contribution >= 0.6 is 0 Å². The summed E-state index contributed by atoms with van der Waals surface area (Å²) in [6.45, 7) is 8.08. The third-order valence-electron chi connectivity index (χ3n) is 4.59. The fraction of sp³-hybridized carbons (Fsp3) is 0.632. The highest BCUT2D eigenvalue weighted by Gasteiger charge is 2.30. The first-order valence-corrected chi connectivity index (χ1v) is 8.81. The Labute approximate surface area is 145 Å². The van der Waals surface area contributed by atoms with Crippen LogP contribution in [-0.2, 0) is 4.79 Å². The van der Waals surface area contributed by atoms with E-state index >= 15 is 0 Å². The Kier molecular flexibility index (Phi) is 6.63. The van der Waals surface area contributed by atoms with Crippen molar-refractivity contribution >= 4 is 5.91 Å². The molecule has 0 aliphatic carbocycles. The van der Waals surface area contributed by atoms with Gasteiger partial charge in [-0.3, -0.25) is 9.69 Å². The molecule has 0 aromatic heterocycles. The zero-order chi connectivity index (χ0) is 17.6. The van der Waals surface area contributed by atoms with Gasteiger partial charge in [0.1, 0.15) is 5.75 Å². The van der Waals surface area contributed by atoms with Crippen LogP contribution in [-0.4, -0.2) is 53.8 Å². The monoisotopic (exact) mass is 334 g/mol.